The molecule has 0 saturated carbocycles. The van der Waals surface area contributed by atoms with Crippen LogP contribution in [0.1, 0.15) is 56.0 Å². The summed E-state index contributed by atoms with van der Waals surface area (Å²) in [5.74, 6) is -0.882. The van der Waals surface area contributed by atoms with Crippen molar-refractivity contribution in [2.45, 2.75) is 40.0 Å². The van der Waals surface area contributed by atoms with Crippen LogP contribution in [0.3, 0.4) is 0 Å². The Balaban J connectivity index is 2.22. The second-order valence-electron chi connectivity index (χ2n) is 6.19. The Kier molecular flexibility index (Phi) is 4.12. The summed E-state index contributed by atoms with van der Waals surface area (Å²) in [4.78, 5) is 10.8. The Hall–Kier alpha value is -1.83. The highest BCUT2D eigenvalue weighted by molar-refractivity contribution is 5.87. The summed E-state index contributed by atoms with van der Waals surface area (Å²) >= 11 is 0. The summed E-state index contributed by atoms with van der Waals surface area (Å²) in [7, 11) is 0. The van der Waals surface area contributed by atoms with Crippen LogP contribution in [-0.2, 0) is 0 Å². The van der Waals surface area contributed by atoms with Gasteiger partial charge in [-0.05, 0) is 54.9 Å². The zero-order chi connectivity index (χ0) is 14.8. The lowest BCUT2D eigenvalue weighted by Crippen LogP contribution is -2.18. The maximum Gasteiger partial charge on any atom is 0.335 e. The third-order valence-corrected chi connectivity index (χ3v) is 4.14. The summed E-state index contributed by atoms with van der Waals surface area (Å²) in [6.45, 7) is 6.81. The summed E-state index contributed by atoms with van der Waals surface area (Å²) in [6, 6.07) is 7.00. The average Bonchev–Trinajstić information content (AvgIpc) is 2.38. The van der Waals surface area contributed by atoms with E-state index in [4.69, 9.17) is 5.11 Å². The average molecular weight is 270 g/mol. The molecule has 0 heterocycles. The molecule has 0 bridgehead atoms. The minimum absolute atomic E-state index is 0.236. The normalized spacial score (nSPS) is 18.6. The monoisotopic (exact) mass is 270 g/mol. The number of carboxylic acid groups (broad SMARTS) is 1. The molecule has 0 amide bonds. The topological polar surface area (TPSA) is 37.3 Å². The van der Waals surface area contributed by atoms with E-state index in [2.05, 4.69) is 32.9 Å². The van der Waals surface area contributed by atoms with Gasteiger partial charge in [-0.2, -0.15) is 0 Å². The SMILES string of the molecule is CC1=C(/C=C/c2ccc(C(=O)O)cc2)C(C)(C)CCC1. The van der Waals surface area contributed by atoms with Crippen LogP contribution in [0.15, 0.2) is 41.5 Å². The number of carbonyl (C=O) groups is 1. The van der Waals surface area contributed by atoms with Crippen molar-refractivity contribution in [3.05, 3.63) is 52.6 Å². The number of allylic oxidation sites excluding steroid dienone is 3. The van der Waals surface area contributed by atoms with Gasteiger partial charge in [-0.15, -0.1) is 0 Å². The molecule has 0 fully saturated rings. The fourth-order valence-electron chi connectivity index (χ4n) is 2.93. The van der Waals surface area contributed by atoms with Gasteiger partial charge in [0.1, 0.15) is 0 Å². The molecule has 2 heteroatoms. The molecule has 2 rings (SSSR count). The van der Waals surface area contributed by atoms with Crippen molar-refractivity contribution in [2.75, 3.05) is 0 Å². The Morgan fingerprint density at radius 2 is 1.85 bits per heavy atom. The first-order valence-electron chi connectivity index (χ1n) is 7.12. The van der Waals surface area contributed by atoms with Crippen molar-refractivity contribution in [3.8, 4) is 0 Å². The highest BCUT2D eigenvalue weighted by Crippen LogP contribution is 2.40. The lowest BCUT2D eigenvalue weighted by Gasteiger charge is -2.32. The maximum atomic E-state index is 10.8. The fraction of sp³-hybridized carbons (Fsp3) is 0.389. The summed E-state index contributed by atoms with van der Waals surface area (Å²) in [5, 5.41) is 8.89. The minimum Gasteiger partial charge on any atom is -0.478 e. The van der Waals surface area contributed by atoms with Gasteiger partial charge in [0.15, 0.2) is 0 Å². The molecule has 106 valence electrons. The van der Waals surface area contributed by atoms with Crippen LogP contribution in [-0.4, -0.2) is 11.1 Å². The smallest absolute Gasteiger partial charge is 0.335 e. The molecule has 0 unspecified atom stereocenters. The molecule has 1 aromatic rings. The van der Waals surface area contributed by atoms with Gasteiger partial charge in [0.05, 0.1) is 5.56 Å². The first-order valence-corrected chi connectivity index (χ1v) is 7.12. The molecule has 1 aliphatic carbocycles. The molecule has 0 aliphatic heterocycles. The van der Waals surface area contributed by atoms with Crippen LogP contribution >= 0.6 is 0 Å². The number of hydrogen-bond acceptors (Lipinski definition) is 1. The fourth-order valence-corrected chi connectivity index (χ4v) is 2.93. The van der Waals surface area contributed by atoms with Crippen molar-refractivity contribution >= 4 is 12.0 Å². The van der Waals surface area contributed by atoms with Crippen LogP contribution in [0.4, 0.5) is 0 Å². The van der Waals surface area contributed by atoms with E-state index < -0.39 is 5.97 Å². The van der Waals surface area contributed by atoms with Gasteiger partial charge in [0.25, 0.3) is 0 Å². The molecule has 0 radical (unpaired) electrons. The van der Waals surface area contributed by atoms with Gasteiger partial charge in [-0.25, -0.2) is 4.79 Å². The first kappa shape index (κ1) is 14.6. The van der Waals surface area contributed by atoms with Crippen molar-refractivity contribution < 1.29 is 9.90 Å². The molecule has 20 heavy (non-hydrogen) atoms. The zero-order valence-corrected chi connectivity index (χ0v) is 12.4. The van der Waals surface area contributed by atoms with Crippen molar-refractivity contribution in [1.29, 1.82) is 0 Å². The summed E-state index contributed by atoms with van der Waals surface area (Å²) in [5.41, 5.74) is 4.50. The van der Waals surface area contributed by atoms with E-state index in [-0.39, 0.29) is 5.41 Å². The molecule has 1 aromatic carbocycles. The molecule has 0 aromatic heterocycles. The third-order valence-electron chi connectivity index (χ3n) is 4.14. The van der Waals surface area contributed by atoms with Crippen LogP contribution < -0.4 is 0 Å². The van der Waals surface area contributed by atoms with Gasteiger partial charge < -0.3 is 5.11 Å². The Morgan fingerprint density at radius 1 is 1.20 bits per heavy atom. The van der Waals surface area contributed by atoms with Gasteiger partial charge in [-0.3, -0.25) is 0 Å². The lowest BCUT2D eigenvalue weighted by atomic mass is 9.72. The first-order chi connectivity index (χ1) is 9.40. The predicted molar refractivity (Wildman–Crippen MR) is 82.8 cm³/mol. The van der Waals surface area contributed by atoms with E-state index in [0.717, 1.165) is 5.56 Å². The Labute approximate surface area is 120 Å². The highest BCUT2D eigenvalue weighted by atomic mass is 16.4. The molecular formula is C18H22O2. The van der Waals surface area contributed by atoms with E-state index >= 15 is 0 Å². The van der Waals surface area contributed by atoms with Gasteiger partial charge >= 0.3 is 5.97 Å². The molecular weight excluding hydrogens is 248 g/mol. The largest absolute Gasteiger partial charge is 0.478 e. The van der Waals surface area contributed by atoms with Crippen LogP contribution in [0.5, 0.6) is 0 Å². The van der Waals surface area contributed by atoms with Crippen molar-refractivity contribution in [3.63, 3.8) is 0 Å². The van der Waals surface area contributed by atoms with Crippen LogP contribution in [0.25, 0.3) is 6.08 Å². The summed E-state index contributed by atoms with van der Waals surface area (Å²) < 4.78 is 0. The highest BCUT2D eigenvalue weighted by Gasteiger charge is 2.26. The van der Waals surface area contributed by atoms with Crippen LogP contribution in [0, 0.1) is 5.41 Å². The molecule has 0 spiro atoms. The predicted octanol–water partition coefficient (Wildman–Crippen LogP) is 4.92. The number of carboxylic acids is 1. The molecule has 1 aliphatic rings. The van der Waals surface area contributed by atoms with E-state index in [1.165, 1.54) is 30.4 Å². The van der Waals surface area contributed by atoms with E-state index in [1.54, 1.807) is 12.1 Å². The number of rotatable bonds is 3. The second kappa shape index (κ2) is 5.66. The van der Waals surface area contributed by atoms with Crippen molar-refractivity contribution in [1.82, 2.24) is 0 Å². The summed E-state index contributed by atoms with van der Waals surface area (Å²) in [6.07, 6.45) is 7.95. The Morgan fingerprint density at radius 3 is 2.40 bits per heavy atom. The number of hydrogen-bond donors (Lipinski definition) is 1. The maximum absolute atomic E-state index is 10.8. The number of benzene rings is 1. The minimum atomic E-state index is -0.882. The molecule has 2 nitrogen and oxygen atoms in total. The zero-order valence-electron chi connectivity index (χ0n) is 12.4. The quantitative estimate of drug-likeness (QED) is 0.846. The standard InChI is InChI=1S/C18H22O2/c1-13-5-4-12-18(2,3)16(13)11-8-14-6-9-15(10-7-14)17(19)20/h6-11H,4-5,12H2,1-3H3,(H,19,20)/b11-8+. The van der Waals surface area contributed by atoms with Crippen molar-refractivity contribution in [2.24, 2.45) is 5.41 Å². The van der Waals surface area contributed by atoms with Gasteiger partial charge in [-0.1, -0.05) is 43.7 Å². The van der Waals surface area contributed by atoms with Gasteiger partial charge in [0.2, 0.25) is 0 Å². The third kappa shape index (κ3) is 3.19. The molecule has 1 N–H and O–H groups in total. The van der Waals surface area contributed by atoms with Gasteiger partial charge in [0, 0.05) is 0 Å². The second-order valence-corrected chi connectivity index (χ2v) is 6.19. The Bertz CT molecular complexity index is 560. The molecule has 0 saturated heterocycles. The number of aromatic carboxylic acids is 1. The van der Waals surface area contributed by atoms with Crippen LogP contribution in [0.2, 0.25) is 0 Å². The van der Waals surface area contributed by atoms with E-state index in [1.807, 2.05) is 12.1 Å². The van der Waals surface area contributed by atoms with E-state index in [0.29, 0.717) is 5.56 Å². The lowest BCUT2D eigenvalue weighted by molar-refractivity contribution is 0.0697. The molecule has 0 atom stereocenters. The van der Waals surface area contributed by atoms with E-state index in [9.17, 15) is 4.79 Å².